The fourth-order valence-corrected chi connectivity index (χ4v) is 2.48. The highest BCUT2D eigenvalue weighted by molar-refractivity contribution is 4.93. The van der Waals surface area contributed by atoms with Crippen molar-refractivity contribution >= 4 is 0 Å². The zero-order valence-electron chi connectivity index (χ0n) is 7.59. The van der Waals surface area contributed by atoms with E-state index in [-0.39, 0.29) is 5.60 Å². The summed E-state index contributed by atoms with van der Waals surface area (Å²) in [5.74, 6) is 0.726. The second-order valence-corrected chi connectivity index (χ2v) is 4.26. The van der Waals surface area contributed by atoms with E-state index < -0.39 is 0 Å². The first kappa shape index (κ1) is 8.52. The minimum absolute atomic E-state index is 0.262. The lowest BCUT2D eigenvalue weighted by molar-refractivity contribution is -0.144. The number of ether oxygens (including phenoxy) is 1. The molecule has 1 heterocycles. The molecule has 0 aromatic heterocycles. The molecule has 2 fully saturated rings. The Morgan fingerprint density at radius 2 is 2.25 bits per heavy atom. The first-order valence-electron chi connectivity index (χ1n) is 5.09. The van der Waals surface area contributed by atoms with Crippen LogP contribution in [0, 0.1) is 5.92 Å². The largest absolute Gasteiger partial charge is 0.396 e. The van der Waals surface area contributed by atoms with Gasteiger partial charge in [-0.15, -0.1) is 0 Å². The van der Waals surface area contributed by atoms with Crippen molar-refractivity contribution in [3.8, 4) is 0 Å². The van der Waals surface area contributed by atoms with Crippen LogP contribution in [0.25, 0.3) is 0 Å². The van der Waals surface area contributed by atoms with Gasteiger partial charge in [-0.3, -0.25) is 0 Å². The minimum atomic E-state index is 0.262. The number of rotatable bonds is 2. The molecule has 0 amide bonds. The van der Waals surface area contributed by atoms with Gasteiger partial charge in [0.25, 0.3) is 0 Å². The van der Waals surface area contributed by atoms with E-state index in [4.69, 9.17) is 9.84 Å². The molecule has 0 radical (unpaired) electrons. The highest BCUT2D eigenvalue weighted by Crippen LogP contribution is 2.44. The number of hydrogen-bond acceptors (Lipinski definition) is 2. The van der Waals surface area contributed by atoms with E-state index in [1.807, 2.05) is 0 Å². The predicted molar refractivity (Wildman–Crippen MR) is 47.0 cm³/mol. The maximum absolute atomic E-state index is 8.84. The Labute approximate surface area is 73.9 Å². The summed E-state index contributed by atoms with van der Waals surface area (Å²) in [5.41, 5.74) is 0.262. The van der Waals surface area contributed by atoms with Crippen molar-refractivity contribution < 1.29 is 9.84 Å². The fourth-order valence-electron chi connectivity index (χ4n) is 2.48. The number of aliphatic hydroxyl groups excluding tert-OH is 1. The second-order valence-electron chi connectivity index (χ2n) is 4.26. The standard InChI is InChI=1S/C10H18O2/c11-6-2-9-3-7-12-10(8-9)4-1-5-10/h9,11H,1-8H2. The Bertz CT molecular complexity index is 150. The molecule has 1 N–H and O–H groups in total. The van der Waals surface area contributed by atoms with Gasteiger partial charge in [0.2, 0.25) is 0 Å². The van der Waals surface area contributed by atoms with Crippen molar-refractivity contribution in [2.45, 2.75) is 44.1 Å². The van der Waals surface area contributed by atoms with Crippen LogP contribution >= 0.6 is 0 Å². The molecule has 1 aliphatic carbocycles. The Morgan fingerprint density at radius 3 is 2.83 bits per heavy atom. The van der Waals surface area contributed by atoms with Crippen LogP contribution in [0.3, 0.4) is 0 Å². The highest BCUT2D eigenvalue weighted by Gasteiger charge is 2.42. The summed E-state index contributed by atoms with van der Waals surface area (Å²) in [5, 5.41) is 8.84. The third-order valence-corrected chi connectivity index (χ3v) is 3.40. The van der Waals surface area contributed by atoms with E-state index in [2.05, 4.69) is 0 Å². The highest BCUT2D eigenvalue weighted by atomic mass is 16.5. The summed E-state index contributed by atoms with van der Waals surface area (Å²) in [6, 6.07) is 0. The number of aliphatic hydroxyl groups is 1. The van der Waals surface area contributed by atoms with Crippen LogP contribution in [0.5, 0.6) is 0 Å². The summed E-state index contributed by atoms with van der Waals surface area (Å²) in [7, 11) is 0. The van der Waals surface area contributed by atoms with Gasteiger partial charge in [0.1, 0.15) is 0 Å². The lowest BCUT2D eigenvalue weighted by Gasteiger charge is -2.47. The van der Waals surface area contributed by atoms with Crippen LogP contribution in [-0.4, -0.2) is 23.9 Å². The van der Waals surface area contributed by atoms with Gasteiger partial charge in [0, 0.05) is 13.2 Å². The van der Waals surface area contributed by atoms with E-state index in [0.29, 0.717) is 6.61 Å². The Kier molecular flexibility index (Phi) is 2.37. The molecule has 2 rings (SSSR count). The normalized spacial score (nSPS) is 33.2. The van der Waals surface area contributed by atoms with Gasteiger partial charge in [0.05, 0.1) is 5.60 Å². The second kappa shape index (κ2) is 3.35. The smallest absolute Gasteiger partial charge is 0.0685 e. The third-order valence-electron chi connectivity index (χ3n) is 3.40. The molecule has 0 aromatic carbocycles. The first-order chi connectivity index (χ1) is 5.85. The molecule has 2 aliphatic rings. The van der Waals surface area contributed by atoms with E-state index in [9.17, 15) is 0 Å². The van der Waals surface area contributed by atoms with Crippen molar-refractivity contribution in [2.75, 3.05) is 13.2 Å². The lowest BCUT2D eigenvalue weighted by atomic mass is 9.71. The van der Waals surface area contributed by atoms with Crippen LogP contribution in [0.2, 0.25) is 0 Å². The zero-order valence-corrected chi connectivity index (χ0v) is 7.59. The average molecular weight is 170 g/mol. The maximum atomic E-state index is 8.84. The molecule has 1 spiro atoms. The van der Waals surface area contributed by atoms with Crippen molar-refractivity contribution in [2.24, 2.45) is 5.92 Å². The van der Waals surface area contributed by atoms with Crippen molar-refractivity contribution in [3.63, 3.8) is 0 Å². The molecular formula is C10H18O2. The Morgan fingerprint density at radius 1 is 1.42 bits per heavy atom. The summed E-state index contributed by atoms with van der Waals surface area (Å²) < 4.78 is 5.80. The maximum Gasteiger partial charge on any atom is 0.0685 e. The third kappa shape index (κ3) is 1.50. The molecule has 0 bridgehead atoms. The van der Waals surface area contributed by atoms with Gasteiger partial charge in [-0.05, 0) is 44.4 Å². The van der Waals surface area contributed by atoms with Crippen molar-refractivity contribution in [3.05, 3.63) is 0 Å². The SMILES string of the molecule is OCCC1CCOC2(CCC2)C1. The van der Waals surface area contributed by atoms with Crippen LogP contribution in [-0.2, 0) is 4.74 Å². The number of hydrogen-bond donors (Lipinski definition) is 1. The summed E-state index contributed by atoms with van der Waals surface area (Å²) in [4.78, 5) is 0. The topological polar surface area (TPSA) is 29.5 Å². The fraction of sp³-hybridized carbons (Fsp3) is 1.00. The van der Waals surface area contributed by atoms with Gasteiger partial charge >= 0.3 is 0 Å². The van der Waals surface area contributed by atoms with Gasteiger partial charge in [-0.1, -0.05) is 0 Å². The quantitative estimate of drug-likeness (QED) is 0.683. The van der Waals surface area contributed by atoms with Gasteiger partial charge < -0.3 is 9.84 Å². The zero-order chi connectivity index (χ0) is 8.44. The summed E-state index contributed by atoms with van der Waals surface area (Å²) >= 11 is 0. The van der Waals surface area contributed by atoms with Gasteiger partial charge in [-0.25, -0.2) is 0 Å². The lowest BCUT2D eigenvalue weighted by Crippen LogP contribution is -2.45. The molecule has 12 heavy (non-hydrogen) atoms. The van der Waals surface area contributed by atoms with Crippen LogP contribution in [0.1, 0.15) is 38.5 Å². The van der Waals surface area contributed by atoms with Crippen LogP contribution in [0.15, 0.2) is 0 Å². The van der Waals surface area contributed by atoms with Gasteiger partial charge in [-0.2, -0.15) is 0 Å². The molecule has 70 valence electrons. The van der Waals surface area contributed by atoms with Crippen LogP contribution < -0.4 is 0 Å². The molecular weight excluding hydrogens is 152 g/mol. The van der Waals surface area contributed by atoms with Gasteiger partial charge in [0.15, 0.2) is 0 Å². The first-order valence-corrected chi connectivity index (χ1v) is 5.09. The molecule has 0 aromatic rings. The Balaban J connectivity index is 1.85. The minimum Gasteiger partial charge on any atom is -0.396 e. The molecule has 1 saturated heterocycles. The molecule has 1 unspecified atom stereocenters. The molecule has 2 nitrogen and oxygen atoms in total. The van der Waals surface area contributed by atoms with E-state index in [1.165, 1.54) is 25.7 Å². The molecule has 1 aliphatic heterocycles. The molecule has 1 atom stereocenters. The molecule has 2 heteroatoms. The average Bonchev–Trinajstić information content (AvgIpc) is 2.03. The summed E-state index contributed by atoms with van der Waals surface area (Å²) in [6.07, 6.45) is 7.19. The summed E-state index contributed by atoms with van der Waals surface area (Å²) in [6.45, 7) is 1.27. The van der Waals surface area contributed by atoms with Crippen molar-refractivity contribution in [1.82, 2.24) is 0 Å². The monoisotopic (exact) mass is 170 g/mol. The molecule has 1 saturated carbocycles. The van der Waals surface area contributed by atoms with E-state index in [1.54, 1.807) is 0 Å². The van der Waals surface area contributed by atoms with E-state index in [0.717, 1.165) is 25.4 Å². The van der Waals surface area contributed by atoms with Crippen LogP contribution in [0.4, 0.5) is 0 Å². The Hall–Kier alpha value is -0.0800. The van der Waals surface area contributed by atoms with Crippen molar-refractivity contribution in [1.29, 1.82) is 0 Å². The predicted octanol–water partition coefficient (Wildman–Crippen LogP) is 1.72. The van der Waals surface area contributed by atoms with E-state index >= 15 is 0 Å².